The Labute approximate surface area is 199 Å². The summed E-state index contributed by atoms with van der Waals surface area (Å²) in [5.41, 5.74) is 4.78. The summed E-state index contributed by atoms with van der Waals surface area (Å²) in [6, 6.07) is 16.6. The van der Waals surface area contributed by atoms with Crippen LogP contribution in [0.2, 0.25) is 18.1 Å². The molecular formula is C28H38O4Si. The van der Waals surface area contributed by atoms with E-state index in [-0.39, 0.29) is 29.5 Å². The molecule has 0 N–H and O–H groups in total. The Balaban J connectivity index is 1.84. The van der Waals surface area contributed by atoms with Gasteiger partial charge in [-0.15, -0.1) is 0 Å². The lowest BCUT2D eigenvalue weighted by Crippen LogP contribution is -2.49. The minimum absolute atomic E-state index is 0.00515. The van der Waals surface area contributed by atoms with Gasteiger partial charge in [0.2, 0.25) is 0 Å². The van der Waals surface area contributed by atoms with E-state index in [1.165, 1.54) is 22.3 Å². The van der Waals surface area contributed by atoms with Crippen LogP contribution in [0.1, 0.15) is 64.0 Å². The number of ether oxygens (including phenoxy) is 1. The van der Waals surface area contributed by atoms with Crippen LogP contribution in [0.25, 0.3) is 11.1 Å². The molecule has 1 aliphatic carbocycles. The van der Waals surface area contributed by atoms with Crippen molar-refractivity contribution in [1.29, 1.82) is 0 Å². The van der Waals surface area contributed by atoms with E-state index in [2.05, 4.69) is 65.1 Å². The zero-order chi connectivity index (χ0) is 24.2. The fraction of sp³-hybridized carbons (Fsp3) is 0.500. The van der Waals surface area contributed by atoms with Gasteiger partial charge in [0.25, 0.3) is 0 Å². The largest absolute Gasteiger partial charge is 0.463 e. The molecule has 4 nitrogen and oxygen atoms in total. The Kier molecular flexibility index (Phi) is 7.96. The molecule has 0 spiro atoms. The predicted molar refractivity (Wildman–Crippen MR) is 136 cm³/mol. The van der Waals surface area contributed by atoms with Crippen molar-refractivity contribution in [3.8, 4) is 11.1 Å². The fourth-order valence-corrected chi connectivity index (χ4v) is 5.68. The van der Waals surface area contributed by atoms with Crippen LogP contribution >= 0.6 is 0 Å². The topological polar surface area (TPSA) is 52.6 Å². The van der Waals surface area contributed by atoms with Gasteiger partial charge in [-0.05, 0) is 46.8 Å². The molecule has 3 rings (SSSR count). The maximum Gasteiger partial charge on any atom is 0.334 e. The molecule has 0 amide bonds. The first kappa shape index (κ1) is 25.4. The van der Waals surface area contributed by atoms with E-state index in [4.69, 9.17) is 9.16 Å². The molecule has 0 saturated heterocycles. The number of hydrogen-bond donors (Lipinski definition) is 0. The summed E-state index contributed by atoms with van der Waals surface area (Å²) in [7, 11) is -2.24. The Hall–Kier alpha value is -2.24. The van der Waals surface area contributed by atoms with Gasteiger partial charge in [-0.2, -0.15) is 0 Å². The Morgan fingerprint density at radius 3 is 2.06 bits per heavy atom. The summed E-state index contributed by atoms with van der Waals surface area (Å²) in [6.07, 6.45) is 2.12. The van der Waals surface area contributed by atoms with Crippen molar-refractivity contribution >= 4 is 20.6 Å². The van der Waals surface area contributed by atoms with Gasteiger partial charge in [-0.3, -0.25) is 0 Å². The molecule has 1 unspecified atom stereocenters. The first-order valence-electron chi connectivity index (χ1n) is 12.1. The minimum atomic E-state index is -2.24. The monoisotopic (exact) mass is 466 g/mol. The lowest BCUT2D eigenvalue weighted by Gasteiger charge is -2.40. The molecule has 0 radical (unpaired) electrons. The van der Waals surface area contributed by atoms with Crippen molar-refractivity contribution in [2.45, 2.75) is 77.1 Å². The van der Waals surface area contributed by atoms with E-state index in [9.17, 15) is 9.59 Å². The van der Waals surface area contributed by atoms with Gasteiger partial charge in [-0.1, -0.05) is 82.6 Å². The Morgan fingerprint density at radius 2 is 1.58 bits per heavy atom. The van der Waals surface area contributed by atoms with Gasteiger partial charge in [0.1, 0.15) is 19.0 Å². The molecule has 2 aromatic carbocycles. The van der Waals surface area contributed by atoms with Crippen LogP contribution in [0.5, 0.6) is 0 Å². The van der Waals surface area contributed by atoms with Crippen LogP contribution < -0.4 is 0 Å². The van der Waals surface area contributed by atoms with Gasteiger partial charge < -0.3 is 14.0 Å². The van der Waals surface area contributed by atoms with Crippen molar-refractivity contribution in [3.63, 3.8) is 0 Å². The van der Waals surface area contributed by atoms with Crippen LogP contribution in [0, 0.1) is 5.92 Å². The maximum atomic E-state index is 13.5. The molecule has 5 heteroatoms. The van der Waals surface area contributed by atoms with E-state index in [0.29, 0.717) is 6.42 Å². The standard InChI is InChI=1S/C28H38O4Si/c1-7-12-20(17-18-29)26(32-33(5,6)28(2,3)4)27(30)31-19-25-23-15-10-8-13-21(23)22-14-9-11-16-24(22)25/h8-11,13-16,18,20,25-26H,7,12,17,19H2,1-6H3/t20-,26?/m0/s1. The third-order valence-corrected chi connectivity index (χ3v) is 11.8. The Bertz CT molecular complexity index is 930. The molecule has 0 fully saturated rings. The van der Waals surface area contributed by atoms with Crippen LogP contribution in [0.4, 0.5) is 0 Å². The van der Waals surface area contributed by atoms with Gasteiger partial charge in [0, 0.05) is 18.3 Å². The van der Waals surface area contributed by atoms with E-state index < -0.39 is 14.4 Å². The number of esters is 1. The highest BCUT2D eigenvalue weighted by molar-refractivity contribution is 6.74. The van der Waals surface area contributed by atoms with Crippen molar-refractivity contribution in [3.05, 3.63) is 59.7 Å². The molecule has 0 aromatic heterocycles. The minimum Gasteiger partial charge on any atom is -0.463 e. The molecule has 0 saturated carbocycles. The molecule has 2 atom stereocenters. The first-order valence-corrected chi connectivity index (χ1v) is 15.0. The van der Waals surface area contributed by atoms with E-state index in [1.807, 2.05) is 24.3 Å². The summed E-state index contributed by atoms with van der Waals surface area (Å²) in [5, 5.41) is -0.0488. The predicted octanol–water partition coefficient (Wildman–Crippen LogP) is 6.74. The van der Waals surface area contributed by atoms with Crippen molar-refractivity contribution in [1.82, 2.24) is 0 Å². The lowest BCUT2D eigenvalue weighted by molar-refractivity contribution is -0.156. The molecule has 0 bridgehead atoms. The number of hydrogen-bond acceptors (Lipinski definition) is 4. The van der Waals surface area contributed by atoms with E-state index in [0.717, 1.165) is 19.1 Å². The second kappa shape index (κ2) is 10.4. The van der Waals surface area contributed by atoms with Gasteiger partial charge in [0.05, 0.1) is 0 Å². The molecule has 1 aliphatic rings. The highest BCUT2D eigenvalue weighted by Crippen LogP contribution is 2.45. The second-order valence-corrected chi connectivity index (χ2v) is 15.4. The summed E-state index contributed by atoms with van der Waals surface area (Å²) in [5.74, 6) is -0.509. The summed E-state index contributed by atoms with van der Waals surface area (Å²) >= 11 is 0. The van der Waals surface area contributed by atoms with Crippen molar-refractivity contribution in [2.75, 3.05) is 6.61 Å². The van der Waals surface area contributed by atoms with Crippen LogP contribution in [-0.4, -0.2) is 33.3 Å². The number of rotatable bonds is 10. The summed E-state index contributed by atoms with van der Waals surface area (Å²) < 4.78 is 12.6. The maximum absolute atomic E-state index is 13.5. The first-order chi connectivity index (χ1) is 15.6. The molecule has 33 heavy (non-hydrogen) atoms. The third kappa shape index (κ3) is 5.47. The van der Waals surface area contributed by atoms with Gasteiger partial charge in [0.15, 0.2) is 8.32 Å². The van der Waals surface area contributed by atoms with Gasteiger partial charge in [-0.25, -0.2) is 4.79 Å². The molecule has 0 aliphatic heterocycles. The zero-order valence-corrected chi connectivity index (χ0v) is 21.9. The number of carbonyl (C=O) groups excluding carboxylic acids is 2. The van der Waals surface area contributed by atoms with Crippen molar-refractivity contribution < 1.29 is 18.8 Å². The second-order valence-electron chi connectivity index (χ2n) is 10.6. The van der Waals surface area contributed by atoms with Crippen molar-refractivity contribution in [2.24, 2.45) is 5.92 Å². The molecular weight excluding hydrogens is 428 g/mol. The number of fused-ring (bicyclic) bond motifs is 3. The highest BCUT2D eigenvalue weighted by atomic mass is 28.4. The average molecular weight is 467 g/mol. The van der Waals surface area contributed by atoms with E-state index >= 15 is 0 Å². The molecule has 0 heterocycles. The zero-order valence-electron chi connectivity index (χ0n) is 20.9. The molecule has 2 aromatic rings. The summed E-state index contributed by atoms with van der Waals surface area (Å²) in [4.78, 5) is 24.9. The number of carbonyl (C=O) groups is 2. The number of aldehydes is 1. The van der Waals surface area contributed by atoms with Gasteiger partial charge >= 0.3 is 5.97 Å². The highest BCUT2D eigenvalue weighted by Gasteiger charge is 2.43. The smallest absolute Gasteiger partial charge is 0.334 e. The summed E-state index contributed by atoms with van der Waals surface area (Å²) in [6.45, 7) is 13.1. The number of benzene rings is 2. The fourth-order valence-electron chi connectivity index (χ4n) is 4.41. The van der Waals surface area contributed by atoms with Crippen LogP contribution in [0.15, 0.2) is 48.5 Å². The Morgan fingerprint density at radius 1 is 1.03 bits per heavy atom. The SMILES string of the molecule is CCC[C@@H](CC=O)C(O[Si](C)(C)C(C)(C)C)C(=O)OCC1c2ccccc2-c2ccccc21. The third-order valence-electron chi connectivity index (χ3n) is 7.30. The average Bonchev–Trinajstić information content (AvgIpc) is 3.09. The molecule has 178 valence electrons. The quantitative estimate of drug-likeness (QED) is 0.221. The van der Waals surface area contributed by atoms with E-state index in [1.54, 1.807) is 0 Å². The van der Waals surface area contributed by atoms with Crippen LogP contribution in [-0.2, 0) is 18.8 Å². The lowest BCUT2D eigenvalue weighted by atomic mass is 9.94. The van der Waals surface area contributed by atoms with Crippen LogP contribution in [0.3, 0.4) is 0 Å². The normalized spacial score (nSPS) is 15.5.